The number of aromatic nitrogens is 2. The fourth-order valence-corrected chi connectivity index (χ4v) is 4.19. The molecule has 3 heterocycles. The number of amides is 3. The van der Waals surface area contributed by atoms with Crippen molar-refractivity contribution < 1.29 is 19.3 Å². The van der Waals surface area contributed by atoms with Crippen LogP contribution in [0.5, 0.6) is 0 Å². The van der Waals surface area contributed by atoms with Crippen LogP contribution in [0.1, 0.15) is 32.8 Å². The second-order valence-corrected chi connectivity index (χ2v) is 7.72. The average molecular weight is 439 g/mol. The zero-order valence-corrected chi connectivity index (χ0v) is 17.0. The summed E-state index contributed by atoms with van der Waals surface area (Å²) in [5, 5.41) is 15.9. The standard InChI is InChI=1S/C20H17N5O5S/c26-16(21-8-6-13-18(23-11-22-13)15-5-2-10-31-15)7-9-24-19(27)12-3-1-4-14(25(29)30)17(12)20(24)28/h1-5,10-11H,6-9H2,(H,21,26)(H,22,23). The SMILES string of the molecule is O=C(CCN1C(=O)c2cccc([N+](=O)[O-])c2C1=O)NCCc1[nH]cnc1-c1cccs1. The van der Waals surface area contributed by atoms with Gasteiger partial charge < -0.3 is 10.3 Å². The van der Waals surface area contributed by atoms with Crippen LogP contribution < -0.4 is 5.32 Å². The van der Waals surface area contributed by atoms with E-state index in [0.29, 0.717) is 13.0 Å². The second kappa shape index (κ2) is 8.48. The van der Waals surface area contributed by atoms with Gasteiger partial charge in [-0.3, -0.25) is 29.4 Å². The van der Waals surface area contributed by atoms with E-state index in [0.717, 1.165) is 21.2 Å². The van der Waals surface area contributed by atoms with E-state index in [1.807, 2.05) is 17.5 Å². The predicted molar refractivity (Wildman–Crippen MR) is 112 cm³/mol. The number of nitro benzene ring substituents is 1. The van der Waals surface area contributed by atoms with Crippen LogP contribution in [-0.2, 0) is 11.2 Å². The third-order valence-electron chi connectivity index (χ3n) is 4.91. The molecule has 0 fully saturated rings. The van der Waals surface area contributed by atoms with Crippen molar-refractivity contribution in [3.8, 4) is 10.6 Å². The maximum atomic E-state index is 12.5. The van der Waals surface area contributed by atoms with Crippen LogP contribution in [0.3, 0.4) is 0 Å². The molecule has 0 radical (unpaired) electrons. The minimum atomic E-state index is -0.752. The number of hydrogen-bond acceptors (Lipinski definition) is 7. The first-order valence-corrected chi connectivity index (χ1v) is 10.3. The molecule has 0 saturated heterocycles. The summed E-state index contributed by atoms with van der Waals surface area (Å²) in [4.78, 5) is 56.9. The number of hydrogen-bond donors (Lipinski definition) is 2. The highest BCUT2D eigenvalue weighted by Gasteiger charge is 2.40. The molecule has 0 saturated carbocycles. The van der Waals surface area contributed by atoms with Gasteiger partial charge in [-0.05, 0) is 17.5 Å². The van der Waals surface area contributed by atoms with Gasteiger partial charge in [-0.2, -0.15) is 0 Å². The van der Waals surface area contributed by atoms with Crippen molar-refractivity contribution in [3.63, 3.8) is 0 Å². The highest BCUT2D eigenvalue weighted by molar-refractivity contribution is 7.13. The van der Waals surface area contributed by atoms with Crippen LogP contribution in [0.2, 0.25) is 0 Å². The van der Waals surface area contributed by atoms with E-state index in [-0.39, 0.29) is 30.0 Å². The van der Waals surface area contributed by atoms with Gasteiger partial charge in [-0.25, -0.2) is 4.98 Å². The topological polar surface area (TPSA) is 138 Å². The molecule has 4 rings (SSSR count). The number of fused-ring (bicyclic) bond motifs is 1. The number of benzene rings is 1. The first-order chi connectivity index (χ1) is 15.0. The van der Waals surface area contributed by atoms with Gasteiger partial charge in [0.05, 0.1) is 21.7 Å². The quantitative estimate of drug-likeness (QED) is 0.314. The molecule has 2 aromatic heterocycles. The van der Waals surface area contributed by atoms with Crippen molar-refractivity contribution in [1.82, 2.24) is 20.2 Å². The third kappa shape index (κ3) is 3.94. The molecule has 0 spiro atoms. The minimum Gasteiger partial charge on any atom is -0.356 e. The number of carbonyl (C=O) groups is 3. The first kappa shape index (κ1) is 20.4. The third-order valence-corrected chi connectivity index (χ3v) is 5.78. The monoisotopic (exact) mass is 439 g/mol. The second-order valence-electron chi connectivity index (χ2n) is 6.78. The number of nitrogens with one attached hydrogen (secondary N) is 2. The van der Waals surface area contributed by atoms with Gasteiger partial charge in [-0.15, -0.1) is 11.3 Å². The molecule has 31 heavy (non-hydrogen) atoms. The number of nitrogens with zero attached hydrogens (tertiary/aromatic N) is 3. The molecule has 0 bridgehead atoms. The number of imidazole rings is 1. The number of nitro groups is 1. The summed E-state index contributed by atoms with van der Waals surface area (Å²) >= 11 is 1.57. The first-order valence-electron chi connectivity index (χ1n) is 9.43. The van der Waals surface area contributed by atoms with Gasteiger partial charge in [0, 0.05) is 37.7 Å². The van der Waals surface area contributed by atoms with E-state index in [9.17, 15) is 24.5 Å². The van der Waals surface area contributed by atoms with Crippen molar-refractivity contribution in [1.29, 1.82) is 0 Å². The van der Waals surface area contributed by atoms with Crippen molar-refractivity contribution in [2.45, 2.75) is 12.8 Å². The molecule has 3 aromatic rings. The van der Waals surface area contributed by atoms with Crippen LogP contribution in [0.25, 0.3) is 10.6 Å². The summed E-state index contributed by atoms with van der Waals surface area (Å²) in [5.74, 6) is -1.71. The molecule has 0 atom stereocenters. The van der Waals surface area contributed by atoms with Gasteiger partial charge in [0.25, 0.3) is 17.5 Å². The Labute approximate surface area is 180 Å². The normalized spacial score (nSPS) is 12.8. The fourth-order valence-electron chi connectivity index (χ4n) is 3.44. The molecule has 10 nitrogen and oxygen atoms in total. The number of carbonyl (C=O) groups excluding carboxylic acids is 3. The van der Waals surface area contributed by atoms with Crippen molar-refractivity contribution in [3.05, 3.63) is 69.0 Å². The van der Waals surface area contributed by atoms with E-state index in [1.54, 1.807) is 17.7 Å². The molecular formula is C20H17N5O5S. The molecule has 0 aliphatic carbocycles. The Kier molecular flexibility index (Phi) is 5.58. The van der Waals surface area contributed by atoms with Crippen LogP contribution in [0.4, 0.5) is 5.69 Å². The van der Waals surface area contributed by atoms with E-state index in [1.165, 1.54) is 18.2 Å². The van der Waals surface area contributed by atoms with Crippen molar-refractivity contribution in [2.75, 3.05) is 13.1 Å². The Morgan fingerprint density at radius 1 is 1.23 bits per heavy atom. The van der Waals surface area contributed by atoms with Crippen molar-refractivity contribution in [2.24, 2.45) is 0 Å². The van der Waals surface area contributed by atoms with Crippen LogP contribution in [0, 0.1) is 10.1 Å². The molecule has 0 unspecified atom stereocenters. The number of H-pyrrole nitrogens is 1. The Balaban J connectivity index is 1.31. The number of rotatable bonds is 8. The summed E-state index contributed by atoms with van der Waals surface area (Å²) in [7, 11) is 0. The maximum Gasteiger partial charge on any atom is 0.282 e. The Morgan fingerprint density at radius 2 is 2.06 bits per heavy atom. The highest BCUT2D eigenvalue weighted by Crippen LogP contribution is 2.30. The smallest absolute Gasteiger partial charge is 0.282 e. The lowest BCUT2D eigenvalue weighted by Gasteiger charge is -2.13. The lowest BCUT2D eigenvalue weighted by atomic mass is 10.1. The Hall–Kier alpha value is -3.86. The molecular weight excluding hydrogens is 422 g/mol. The Morgan fingerprint density at radius 3 is 2.81 bits per heavy atom. The summed E-state index contributed by atoms with van der Waals surface area (Å²) in [6, 6.07) is 7.82. The van der Waals surface area contributed by atoms with Crippen LogP contribution in [0.15, 0.2) is 42.0 Å². The zero-order valence-electron chi connectivity index (χ0n) is 16.2. The van der Waals surface area contributed by atoms with Crippen molar-refractivity contribution >= 4 is 34.7 Å². The Bertz CT molecular complexity index is 1170. The number of aromatic amines is 1. The predicted octanol–water partition coefficient (Wildman–Crippen LogP) is 2.39. The molecule has 11 heteroatoms. The van der Waals surface area contributed by atoms with Gasteiger partial charge >= 0.3 is 0 Å². The van der Waals surface area contributed by atoms with Gasteiger partial charge in [0.2, 0.25) is 5.91 Å². The highest BCUT2D eigenvalue weighted by atomic mass is 32.1. The summed E-state index contributed by atoms with van der Waals surface area (Å²) in [6.07, 6.45) is 2.05. The molecule has 2 N–H and O–H groups in total. The lowest BCUT2D eigenvalue weighted by molar-refractivity contribution is -0.385. The average Bonchev–Trinajstić information content (AvgIpc) is 3.48. The van der Waals surface area contributed by atoms with E-state index >= 15 is 0 Å². The molecule has 1 aliphatic rings. The van der Waals surface area contributed by atoms with Gasteiger partial charge in [0.1, 0.15) is 11.3 Å². The van der Waals surface area contributed by atoms with E-state index < -0.39 is 22.4 Å². The largest absolute Gasteiger partial charge is 0.356 e. The van der Waals surface area contributed by atoms with E-state index in [2.05, 4.69) is 15.3 Å². The minimum absolute atomic E-state index is 0.0139. The molecule has 158 valence electrons. The summed E-state index contributed by atoms with van der Waals surface area (Å²) in [6.45, 7) is 0.201. The summed E-state index contributed by atoms with van der Waals surface area (Å²) in [5.41, 5.74) is 1.09. The van der Waals surface area contributed by atoms with Crippen LogP contribution >= 0.6 is 11.3 Å². The van der Waals surface area contributed by atoms with E-state index in [4.69, 9.17) is 0 Å². The fraction of sp³-hybridized carbons (Fsp3) is 0.200. The molecule has 1 aromatic carbocycles. The zero-order chi connectivity index (χ0) is 22.0. The van der Waals surface area contributed by atoms with Crippen LogP contribution in [-0.4, -0.2) is 50.6 Å². The number of imide groups is 1. The van der Waals surface area contributed by atoms with Gasteiger partial charge in [-0.1, -0.05) is 12.1 Å². The molecule has 3 amide bonds. The lowest BCUT2D eigenvalue weighted by Crippen LogP contribution is -2.35. The maximum absolute atomic E-state index is 12.5. The van der Waals surface area contributed by atoms with Gasteiger partial charge in [0.15, 0.2) is 0 Å². The summed E-state index contributed by atoms with van der Waals surface area (Å²) < 4.78 is 0. The molecule has 1 aliphatic heterocycles. The number of thiophene rings is 1.